The molecule has 0 saturated carbocycles. The molecule has 158 valence electrons. The van der Waals surface area contributed by atoms with Crippen LogP contribution in [-0.4, -0.2) is 33.5 Å². The van der Waals surface area contributed by atoms with E-state index in [0.717, 1.165) is 19.3 Å². The first kappa shape index (κ1) is 21.3. The van der Waals surface area contributed by atoms with E-state index in [1.54, 1.807) is 19.9 Å². The van der Waals surface area contributed by atoms with Crippen LogP contribution in [0, 0.1) is 23.7 Å². The first-order valence-electron chi connectivity index (χ1n) is 10.4. The number of carboxylic acids is 1. The van der Waals surface area contributed by atoms with Crippen LogP contribution in [0.2, 0.25) is 0 Å². The number of Topliss-reactive ketones (excluding diaryl/α,β-unsaturated/α-hetero) is 1. The van der Waals surface area contributed by atoms with Crippen LogP contribution < -0.4 is 0 Å². The van der Waals surface area contributed by atoms with Crippen molar-refractivity contribution in [1.29, 1.82) is 0 Å². The summed E-state index contributed by atoms with van der Waals surface area (Å²) in [6, 6.07) is 0. The molecule has 6 heteroatoms. The maximum absolute atomic E-state index is 13.4. The van der Waals surface area contributed by atoms with Crippen LogP contribution in [0.5, 0.6) is 0 Å². The molecule has 3 aliphatic rings. The largest absolute Gasteiger partial charge is 0.507 e. The minimum Gasteiger partial charge on any atom is -0.507 e. The van der Waals surface area contributed by atoms with E-state index in [0.29, 0.717) is 17.9 Å². The third-order valence-electron chi connectivity index (χ3n) is 6.59. The van der Waals surface area contributed by atoms with Gasteiger partial charge in [-0.05, 0) is 43.1 Å². The van der Waals surface area contributed by atoms with E-state index in [2.05, 4.69) is 13.8 Å². The Morgan fingerprint density at radius 2 is 1.86 bits per heavy atom. The average molecular weight is 402 g/mol. The molecule has 2 bridgehead atoms. The Morgan fingerprint density at radius 1 is 1.17 bits per heavy atom. The molecule has 2 aliphatic carbocycles. The van der Waals surface area contributed by atoms with Crippen LogP contribution in [0.1, 0.15) is 59.8 Å². The summed E-state index contributed by atoms with van der Waals surface area (Å²) in [7, 11) is 0. The van der Waals surface area contributed by atoms with Crippen molar-refractivity contribution in [1.82, 2.24) is 0 Å². The summed E-state index contributed by atoms with van der Waals surface area (Å²) >= 11 is 0. The monoisotopic (exact) mass is 402 g/mol. The zero-order chi connectivity index (χ0) is 21.5. The second-order valence-corrected chi connectivity index (χ2v) is 9.07. The normalized spacial score (nSPS) is 37.9. The van der Waals surface area contributed by atoms with Crippen molar-refractivity contribution in [2.24, 2.45) is 23.7 Å². The van der Waals surface area contributed by atoms with Crippen LogP contribution >= 0.6 is 0 Å². The van der Waals surface area contributed by atoms with Gasteiger partial charge in [-0.15, -0.1) is 0 Å². The molecule has 6 nitrogen and oxygen atoms in total. The van der Waals surface area contributed by atoms with Gasteiger partial charge in [-0.2, -0.15) is 0 Å². The van der Waals surface area contributed by atoms with E-state index in [-0.39, 0.29) is 29.2 Å². The fourth-order valence-corrected chi connectivity index (χ4v) is 5.19. The van der Waals surface area contributed by atoms with Crippen molar-refractivity contribution < 1.29 is 29.3 Å². The predicted molar refractivity (Wildman–Crippen MR) is 107 cm³/mol. The number of esters is 1. The number of rotatable bonds is 1. The standard InChI is InChI=1S/C23H30O6/c1-12-6-5-7-16-10-17(21(26)27)15(4)11-23(16)20(25)18(22(28)29-23)19(24)14(3)9-13(2)8-12/h9-10,12-13,15-16,24H,5-8,11H2,1-4H3,(H,26,27)/b14-9-,19-18?/t12-,13-,15+,16+,23+/m1/s1. The van der Waals surface area contributed by atoms with Gasteiger partial charge in [0.25, 0.3) is 0 Å². The number of aliphatic hydroxyl groups is 1. The summed E-state index contributed by atoms with van der Waals surface area (Å²) in [5.74, 6) is -2.98. The van der Waals surface area contributed by atoms with Crippen molar-refractivity contribution in [3.63, 3.8) is 0 Å². The Labute approximate surface area is 171 Å². The number of carbonyl (C=O) groups is 3. The molecular formula is C23H30O6. The Bertz CT molecular complexity index is 832. The van der Waals surface area contributed by atoms with Crippen LogP contribution in [-0.2, 0) is 19.1 Å². The Morgan fingerprint density at radius 3 is 2.52 bits per heavy atom. The third-order valence-corrected chi connectivity index (χ3v) is 6.59. The van der Waals surface area contributed by atoms with E-state index in [9.17, 15) is 24.6 Å². The summed E-state index contributed by atoms with van der Waals surface area (Å²) in [6.45, 7) is 7.64. The molecule has 29 heavy (non-hydrogen) atoms. The first-order chi connectivity index (χ1) is 13.6. The second-order valence-electron chi connectivity index (χ2n) is 9.07. The number of aliphatic hydroxyl groups excluding tert-OH is 1. The molecular weight excluding hydrogens is 372 g/mol. The SMILES string of the molecule is C/C1=C/[C@H](C)C[C@H](C)CCC[C@H]2C=C(C(=O)O)[C@@H](C)C[C@]23OC(=O)C(=C1O)C3=O. The van der Waals surface area contributed by atoms with Crippen LogP contribution in [0.4, 0.5) is 0 Å². The number of hydrogen-bond donors (Lipinski definition) is 2. The molecule has 1 heterocycles. The average Bonchev–Trinajstić information content (AvgIpc) is 2.85. The van der Waals surface area contributed by atoms with Gasteiger partial charge >= 0.3 is 11.9 Å². The van der Waals surface area contributed by atoms with Crippen molar-refractivity contribution in [3.8, 4) is 0 Å². The third kappa shape index (κ3) is 3.77. The lowest BCUT2D eigenvalue weighted by atomic mass is 9.68. The first-order valence-corrected chi connectivity index (χ1v) is 10.4. The summed E-state index contributed by atoms with van der Waals surface area (Å²) in [5.41, 5.74) is -0.985. The Kier molecular flexibility index (Phi) is 5.74. The molecule has 1 saturated heterocycles. The van der Waals surface area contributed by atoms with Gasteiger partial charge in [0, 0.05) is 17.9 Å². The maximum atomic E-state index is 13.4. The minimum absolute atomic E-state index is 0.117. The number of hydrogen-bond acceptors (Lipinski definition) is 5. The molecule has 0 aromatic carbocycles. The highest BCUT2D eigenvalue weighted by Crippen LogP contribution is 2.48. The second kappa shape index (κ2) is 7.81. The smallest absolute Gasteiger partial charge is 0.346 e. The molecule has 0 amide bonds. The van der Waals surface area contributed by atoms with Gasteiger partial charge in [0.15, 0.2) is 5.60 Å². The fourth-order valence-electron chi connectivity index (χ4n) is 5.19. The quantitative estimate of drug-likeness (QED) is 0.505. The number of fused-ring (bicyclic) bond motifs is 1. The van der Waals surface area contributed by atoms with E-state index in [1.807, 2.05) is 6.08 Å². The molecule has 5 atom stereocenters. The van der Waals surface area contributed by atoms with Crippen molar-refractivity contribution >= 4 is 17.7 Å². The summed E-state index contributed by atoms with van der Waals surface area (Å²) in [6.07, 6.45) is 6.85. The Hall–Kier alpha value is -2.37. The highest BCUT2D eigenvalue weighted by molar-refractivity contribution is 6.26. The van der Waals surface area contributed by atoms with E-state index < -0.39 is 35.2 Å². The van der Waals surface area contributed by atoms with Crippen LogP contribution in [0.25, 0.3) is 0 Å². The number of ketones is 1. The van der Waals surface area contributed by atoms with Gasteiger partial charge in [-0.25, -0.2) is 9.59 Å². The summed E-state index contributed by atoms with van der Waals surface area (Å²) in [5, 5.41) is 20.3. The molecule has 1 aliphatic heterocycles. The van der Waals surface area contributed by atoms with Gasteiger partial charge < -0.3 is 14.9 Å². The molecule has 0 aromatic rings. The maximum Gasteiger partial charge on any atom is 0.346 e. The zero-order valence-electron chi connectivity index (χ0n) is 17.5. The molecule has 2 N–H and O–H groups in total. The van der Waals surface area contributed by atoms with Crippen molar-refractivity contribution in [2.45, 2.75) is 65.4 Å². The van der Waals surface area contributed by atoms with Gasteiger partial charge in [0.1, 0.15) is 11.3 Å². The highest BCUT2D eigenvalue weighted by Gasteiger charge is 2.59. The summed E-state index contributed by atoms with van der Waals surface area (Å²) in [4.78, 5) is 37.8. The van der Waals surface area contributed by atoms with Crippen LogP contribution in [0.3, 0.4) is 0 Å². The number of allylic oxidation sites excluding steroid dienone is 2. The number of aliphatic carboxylic acids is 1. The molecule has 3 rings (SSSR count). The molecule has 0 unspecified atom stereocenters. The van der Waals surface area contributed by atoms with E-state index in [1.165, 1.54) is 0 Å². The molecule has 0 radical (unpaired) electrons. The van der Waals surface area contributed by atoms with Crippen molar-refractivity contribution in [3.05, 3.63) is 34.6 Å². The lowest BCUT2D eigenvalue weighted by molar-refractivity contribution is -0.158. The Balaban J connectivity index is 2.15. The lowest BCUT2D eigenvalue weighted by Crippen LogP contribution is -2.48. The van der Waals surface area contributed by atoms with Gasteiger partial charge in [-0.3, -0.25) is 4.79 Å². The molecule has 0 aromatic heterocycles. The van der Waals surface area contributed by atoms with Gasteiger partial charge in [0.2, 0.25) is 5.78 Å². The van der Waals surface area contributed by atoms with E-state index in [4.69, 9.17) is 4.74 Å². The lowest BCUT2D eigenvalue weighted by Gasteiger charge is -2.39. The minimum atomic E-state index is -1.43. The van der Waals surface area contributed by atoms with Gasteiger partial charge in [0.05, 0.1) is 0 Å². The highest BCUT2D eigenvalue weighted by atomic mass is 16.6. The van der Waals surface area contributed by atoms with Crippen molar-refractivity contribution in [2.75, 3.05) is 0 Å². The fraction of sp³-hybridized carbons (Fsp3) is 0.609. The predicted octanol–water partition coefficient (Wildman–Crippen LogP) is 4.12. The zero-order valence-corrected chi connectivity index (χ0v) is 17.5. The number of ether oxygens (including phenoxy) is 1. The van der Waals surface area contributed by atoms with Crippen LogP contribution in [0.15, 0.2) is 34.6 Å². The van der Waals surface area contributed by atoms with E-state index >= 15 is 0 Å². The molecule has 1 spiro atoms. The number of carboxylic acid groups (broad SMARTS) is 1. The van der Waals surface area contributed by atoms with Gasteiger partial charge in [-0.1, -0.05) is 45.8 Å². The summed E-state index contributed by atoms with van der Waals surface area (Å²) < 4.78 is 5.67. The topological polar surface area (TPSA) is 101 Å². The number of carbonyl (C=O) groups excluding carboxylic acids is 2. The molecule has 1 fully saturated rings.